The van der Waals surface area contributed by atoms with Crippen molar-refractivity contribution in [1.29, 1.82) is 0 Å². The standard InChI is InChI=1S/C16H28N2O/c17-14-6-4-5-13(14)15(19)18-11-9-16(10-12-18)7-2-1-3-8-16/h13-14H,1-12,17H2. The zero-order valence-corrected chi connectivity index (χ0v) is 12.1. The fourth-order valence-corrected chi connectivity index (χ4v) is 4.53. The van der Waals surface area contributed by atoms with Gasteiger partial charge in [-0.15, -0.1) is 0 Å². The van der Waals surface area contributed by atoms with Crippen LogP contribution in [0.5, 0.6) is 0 Å². The van der Waals surface area contributed by atoms with Crippen LogP contribution >= 0.6 is 0 Å². The van der Waals surface area contributed by atoms with E-state index in [4.69, 9.17) is 5.73 Å². The average molecular weight is 264 g/mol. The Morgan fingerprint density at radius 3 is 2.21 bits per heavy atom. The van der Waals surface area contributed by atoms with Gasteiger partial charge in [-0.1, -0.05) is 25.7 Å². The van der Waals surface area contributed by atoms with Crippen LogP contribution in [0.15, 0.2) is 0 Å². The SMILES string of the molecule is NC1CCCC1C(=O)N1CCC2(CCCCC2)CC1. The number of nitrogens with two attached hydrogens (primary N) is 1. The summed E-state index contributed by atoms with van der Waals surface area (Å²) in [5.74, 6) is 0.482. The summed E-state index contributed by atoms with van der Waals surface area (Å²) in [6.45, 7) is 1.98. The highest BCUT2D eigenvalue weighted by Gasteiger charge is 2.39. The van der Waals surface area contributed by atoms with Crippen LogP contribution in [0.3, 0.4) is 0 Å². The Morgan fingerprint density at radius 1 is 0.947 bits per heavy atom. The minimum atomic E-state index is 0.123. The molecular formula is C16H28N2O. The summed E-state index contributed by atoms with van der Waals surface area (Å²) in [6, 6.07) is 0.123. The number of carbonyl (C=O) groups excluding carboxylic acids is 1. The Labute approximate surface area is 116 Å². The summed E-state index contributed by atoms with van der Waals surface area (Å²) >= 11 is 0. The minimum absolute atomic E-state index is 0.123. The molecule has 0 aromatic rings. The van der Waals surface area contributed by atoms with Gasteiger partial charge in [0.2, 0.25) is 5.91 Å². The summed E-state index contributed by atoms with van der Waals surface area (Å²) in [4.78, 5) is 14.6. The van der Waals surface area contributed by atoms with Gasteiger partial charge in [0.1, 0.15) is 0 Å². The quantitative estimate of drug-likeness (QED) is 0.791. The number of nitrogens with zero attached hydrogens (tertiary/aromatic N) is 1. The molecule has 2 aliphatic carbocycles. The van der Waals surface area contributed by atoms with Crippen LogP contribution in [-0.4, -0.2) is 29.9 Å². The first-order chi connectivity index (χ1) is 9.20. The van der Waals surface area contributed by atoms with Crippen LogP contribution in [0.2, 0.25) is 0 Å². The van der Waals surface area contributed by atoms with Crippen molar-refractivity contribution in [2.45, 2.75) is 70.3 Å². The van der Waals surface area contributed by atoms with Gasteiger partial charge in [-0.3, -0.25) is 4.79 Å². The van der Waals surface area contributed by atoms with Crippen LogP contribution in [-0.2, 0) is 4.79 Å². The van der Waals surface area contributed by atoms with Crippen molar-refractivity contribution >= 4 is 5.91 Å². The van der Waals surface area contributed by atoms with E-state index in [1.807, 2.05) is 0 Å². The zero-order valence-electron chi connectivity index (χ0n) is 12.1. The van der Waals surface area contributed by atoms with E-state index >= 15 is 0 Å². The van der Waals surface area contributed by atoms with E-state index in [0.717, 1.165) is 32.4 Å². The van der Waals surface area contributed by atoms with Crippen molar-refractivity contribution in [2.24, 2.45) is 17.1 Å². The Kier molecular flexibility index (Phi) is 3.84. The molecule has 19 heavy (non-hydrogen) atoms. The molecule has 1 saturated heterocycles. The maximum Gasteiger partial charge on any atom is 0.227 e. The molecule has 1 aliphatic heterocycles. The smallest absolute Gasteiger partial charge is 0.227 e. The summed E-state index contributed by atoms with van der Waals surface area (Å²) in [6.07, 6.45) is 12.7. The molecule has 2 N–H and O–H groups in total. The Bertz CT molecular complexity index is 326. The van der Waals surface area contributed by atoms with Gasteiger partial charge in [0, 0.05) is 19.1 Å². The number of hydrogen-bond acceptors (Lipinski definition) is 2. The fraction of sp³-hybridized carbons (Fsp3) is 0.938. The number of amides is 1. The van der Waals surface area contributed by atoms with E-state index < -0.39 is 0 Å². The highest BCUT2D eigenvalue weighted by atomic mass is 16.2. The van der Waals surface area contributed by atoms with E-state index in [1.54, 1.807) is 0 Å². The highest BCUT2D eigenvalue weighted by Crippen LogP contribution is 2.44. The molecule has 3 fully saturated rings. The molecule has 3 rings (SSSR count). The van der Waals surface area contributed by atoms with Crippen LogP contribution in [0, 0.1) is 11.3 Å². The number of hydrogen-bond donors (Lipinski definition) is 1. The van der Waals surface area contributed by atoms with Crippen molar-refractivity contribution < 1.29 is 4.79 Å². The first-order valence-corrected chi connectivity index (χ1v) is 8.25. The highest BCUT2D eigenvalue weighted by molar-refractivity contribution is 5.80. The monoisotopic (exact) mass is 264 g/mol. The van der Waals surface area contributed by atoms with Gasteiger partial charge in [0.25, 0.3) is 0 Å². The number of rotatable bonds is 1. The first kappa shape index (κ1) is 13.4. The third-order valence-corrected chi connectivity index (χ3v) is 5.94. The molecule has 2 saturated carbocycles. The van der Waals surface area contributed by atoms with Crippen LogP contribution in [0.4, 0.5) is 0 Å². The minimum Gasteiger partial charge on any atom is -0.342 e. The molecule has 1 spiro atoms. The van der Waals surface area contributed by atoms with Gasteiger partial charge >= 0.3 is 0 Å². The number of piperidine rings is 1. The lowest BCUT2D eigenvalue weighted by Crippen LogP contribution is -2.48. The Morgan fingerprint density at radius 2 is 1.63 bits per heavy atom. The topological polar surface area (TPSA) is 46.3 Å². The van der Waals surface area contributed by atoms with E-state index in [2.05, 4.69) is 4.90 Å². The molecule has 108 valence electrons. The van der Waals surface area contributed by atoms with Gasteiger partial charge < -0.3 is 10.6 Å². The predicted molar refractivity (Wildman–Crippen MR) is 76.6 cm³/mol. The van der Waals surface area contributed by atoms with E-state index in [1.165, 1.54) is 44.9 Å². The summed E-state index contributed by atoms with van der Waals surface area (Å²) in [7, 11) is 0. The van der Waals surface area contributed by atoms with Crippen LogP contribution < -0.4 is 5.73 Å². The third kappa shape index (κ3) is 2.67. The predicted octanol–water partition coefficient (Wildman–Crippen LogP) is 2.69. The molecule has 2 unspecified atom stereocenters. The van der Waals surface area contributed by atoms with Crippen molar-refractivity contribution in [2.75, 3.05) is 13.1 Å². The Balaban J connectivity index is 1.56. The average Bonchev–Trinajstić information content (AvgIpc) is 2.86. The third-order valence-electron chi connectivity index (χ3n) is 5.94. The molecular weight excluding hydrogens is 236 g/mol. The van der Waals surface area contributed by atoms with Crippen molar-refractivity contribution in [1.82, 2.24) is 4.90 Å². The lowest BCUT2D eigenvalue weighted by Gasteiger charge is -2.45. The molecule has 3 nitrogen and oxygen atoms in total. The zero-order chi connectivity index (χ0) is 13.3. The number of likely N-dealkylation sites (tertiary alicyclic amines) is 1. The first-order valence-electron chi connectivity index (χ1n) is 8.25. The summed E-state index contributed by atoms with van der Waals surface area (Å²) in [5.41, 5.74) is 6.67. The van der Waals surface area contributed by atoms with Gasteiger partial charge in [0.05, 0.1) is 5.92 Å². The molecule has 2 atom stereocenters. The number of carbonyl (C=O) groups is 1. The molecule has 3 aliphatic rings. The maximum absolute atomic E-state index is 12.5. The van der Waals surface area contributed by atoms with Crippen molar-refractivity contribution in [3.63, 3.8) is 0 Å². The normalized spacial score (nSPS) is 34.7. The van der Waals surface area contributed by atoms with E-state index in [9.17, 15) is 4.79 Å². The van der Waals surface area contributed by atoms with Gasteiger partial charge in [-0.05, 0) is 43.9 Å². The molecule has 1 heterocycles. The lowest BCUT2D eigenvalue weighted by molar-refractivity contribution is -0.138. The second-order valence-corrected chi connectivity index (χ2v) is 7.09. The molecule has 0 bridgehead atoms. The molecule has 3 heteroatoms. The summed E-state index contributed by atoms with van der Waals surface area (Å²) < 4.78 is 0. The summed E-state index contributed by atoms with van der Waals surface area (Å²) in [5, 5.41) is 0. The van der Waals surface area contributed by atoms with E-state index in [-0.39, 0.29) is 12.0 Å². The van der Waals surface area contributed by atoms with Crippen molar-refractivity contribution in [3.8, 4) is 0 Å². The molecule has 0 radical (unpaired) electrons. The fourth-order valence-electron chi connectivity index (χ4n) is 4.53. The van der Waals surface area contributed by atoms with E-state index in [0.29, 0.717) is 11.3 Å². The second-order valence-electron chi connectivity index (χ2n) is 7.09. The van der Waals surface area contributed by atoms with Gasteiger partial charge in [-0.2, -0.15) is 0 Å². The van der Waals surface area contributed by atoms with Crippen molar-refractivity contribution in [3.05, 3.63) is 0 Å². The van der Waals surface area contributed by atoms with Gasteiger partial charge in [0.15, 0.2) is 0 Å². The Hall–Kier alpha value is -0.570. The largest absolute Gasteiger partial charge is 0.342 e. The maximum atomic E-state index is 12.5. The molecule has 0 aromatic carbocycles. The lowest BCUT2D eigenvalue weighted by atomic mass is 9.68. The molecule has 1 amide bonds. The van der Waals surface area contributed by atoms with Gasteiger partial charge in [-0.25, -0.2) is 0 Å². The molecule has 0 aromatic heterocycles. The van der Waals surface area contributed by atoms with Crippen LogP contribution in [0.1, 0.15) is 64.2 Å². The second kappa shape index (κ2) is 5.43. The van der Waals surface area contributed by atoms with Crippen LogP contribution in [0.25, 0.3) is 0 Å².